The van der Waals surface area contributed by atoms with E-state index in [9.17, 15) is 10.1 Å². The Balaban J connectivity index is 1.78. The summed E-state index contributed by atoms with van der Waals surface area (Å²) in [7, 11) is 1.84. The molecule has 0 spiro atoms. The predicted octanol–water partition coefficient (Wildman–Crippen LogP) is 3.95. The first-order valence-electron chi connectivity index (χ1n) is 12.8. The monoisotopic (exact) mass is 476 g/mol. The smallest absolute Gasteiger partial charge is 0.251 e. The van der Waals surface area contributed by atoms with Gasteiger partial charge in [-0.25, -0.2) is 4.98 Å². The van der Waals surface area contributed by atoms with Gasteiger partial charge in [-0.05, 0) is 58.7 Å². The molecule has 6 rings (SSSR count). The highest BCUT2D eigenvalue weighted by atomic mass is 16.5. The molecule has 7 nitrogen and oxygen atoms in total. The Morgan fingerprint density at radius 3 is 2.75 bits per heavy atom. The van der Waals surface area contributed by atoms with E-state index in [1.807, 2.05) is 35.9 Å². The molecule has 2 aromatic heterocycles. The molecule has 3 aromatic carbocycles. The lowest BCUT2D eigenvalue weighted by Crippen LogP contribution is -2.41. The average Bonchev–Trinajstić information content (AvgIpc) is 3.35. The Bertz CT molecular complexity index is 1880. The third-order valence-electron chi connectivity index (χ3n) is 6.91. The topological polar surface area (TPSA) is 98.9 Å². The second-order valence-electron chi connectivity index (χ2n) is 8.96. The largest absolute Gasteiger partial charge is 0.489 e. The summed E-state index contributed by atoms with van der Waals surface area (Å²) in [6.45, 7) is -2.57. The lowest BCUT2D eigenvalue weighted by atomic mass is 9.79. The number of fused-ring (bicyclic) bond motifs is 6. The number of pyridine rings is 1. The predicted molar refractivity (Wildman–Crippen MR) is 137 cm³/mol. The molecule has 36 heavy (non-hydrogen) atoms. The quantitative estimate of drug-likeness (QED) is 0.395. The lowest BCUT2D eigenvalue weighted by Gasteiger charge is -2.32. The van der Waals surface area contributed by atoms with Crippen molar-refractivity contribution < 1.29 is 8.85 Å². The van der Waals surface area contributed by atoms with Crippen molar-refractivity contribution in [1.29, 1.82) is 5.26 Å². The maximum Gasteiger partial charge on any atom is 0.251 e. The number of imidazole rings is 1. The van der Waals surface area contributed by atoms with Gasteiger partial charge in [-0.1, -0.05) is 24.3 Å². The summed E-state index contributed by atoms with van der Waals surface area (Å²) in [5.41, 5.74) is 10.1. The summed E-state index contributed by atoms with van der Waals surface area (Å²) < 4.78 is 32.9. The molecule has 0 unspecified atom stereocenters. The number of nitriles is 1. The van der Waals surface area contributed by atoms with E-state index in [0.29, 0.717) is 50.2 Å². The minimum Gasteiger partial charge on any atom is -0.489 e. The first-order valence-corrected chi connectivity index (χ1v) is 11.3. The Kier molecular flexibility index (Phi) is 4.11. The van der Waals surface area contributed by atoms with Gasteiger partial charge in [-0.15, -0.1) is 0 Å². The summed E-state index contributed by atoms with van der Waals surface area (Å²) in [5, 5.41) is 10.3. The van der Waals surface area contributed by atoms with Gasteiger partial charge in [0, 0.05) is 35.2 Å². The molecule has 5 aromatic rings. The van der Waals surface area contributed by atoms with Crippen LogP contribution in [0.3, 0.4) is 0 Å². The van der Waals surface area contributed by atoms with Crippen molar-refractivity contribution in [2.45, 2.75) is 12.1 Å². The highest BCUT2D eigenvalue weighted by Gasteiger charge is 2.36. The molecule has 3 heterocycles. The maximum atomic E-state index is 13.2. The molecule has 6 bridgehead atoms. The Labute approximate surface area is 211 Å². The first-order chi connectivity index (χ1) is 18.6. The number of hydrogen-bond acceptors (Lipinski definition) is 5. The number of benzene rings is 3. The van der Waals surface area contributed by atoms with Gasteiger partial charge in [-0.3, -0.25) is 4.79 Å². The van der Waals surface area contributed by atoms with Crippen molar-refractivity contribution in [3.05, 3.63) is 118 Å². The molecule has 7 heteroatoms. The van der Waals surface area contributed by atoms with E-state index in [1.165, 1.54) is 6.07 Å². The van der Waals surface area contributed by atoms with Gasteiger partial charge in [0.1, 0.15) is 17.9 Å². The highest BCUT2D eigenvalue weighted by molar-refractivity contribution is 5.95. The van der Waals surface area contributed by atoms with Crippen LogP contribution in [0.1, 0.15) is 32.1 Å². The van der Waals surface area contributed by atoms with Gasteiger partial charge >= 0.3 is 0 Å². The average molecular weight is 477 g/mol. The summed E-state index contributed by atoms with van der Waals surface area (Å²) in [6, 6.07) is 21.4. The van der Waals surface area contributed by atoms with E-state index in [4.69, 9.17) is 14.6 Å². The van der Waals surface area contributed by atoms with Crippen LogP contribution in [-0.4, -0.2) is 14.1 Å². The van der Waals surface area contributed by atoms with Crippen LogP contribution in [0.25, 0.3) is 22.0 Å². The number of hydrogen-bond donors (Lipinski definition) is 1. The zero-order valence-corrected chi connectivity index (χ0v) is 19.4. The van der Waals surface area contributed by atoms with Crippen LogP contribution < -0.4 is 16.0 Å². The molecule has 2 N–H and O–H groups in total. The zero-order chi connectivity index (χ0) is 27.5. The van der Waals surface area contributed by atoms with E-state index in [2.05, 4.69) is 11.1 Å². The van der Waals surface area contributed by atoms with Crippen molar-refractivity contribution in [3.63, 3.8) is 0 Å². The van der Waals surface area contributed by atoms with E-state index in [0.717, 1.165) is 4.57 Å². The van der Waals surface area contributed by atoms with Crippen LogP contribution in [-0.2, 0) is 26.2 Å². The molecule has 0 saturated heterocycles. The molecule has 0 fully saturated rings. The van der Waals surface area contributed by atoms with Gasteiger partial charge < -0.3 is 19.6 Å². The molecule has 1 atom stereocenters. The van der Waals surface area contributed by atoms with Crippen LogP contribution in [0.5, 0.6) is 5.75 Å². The number of nitrogens with zero attached hydrogens (tertiary/aromatic N) is 4. The molecule has 0 saturated carbocycles. The second kappa shape index (κ2) is 7.94. The Morgan fingerprint density at radius 2 is 1.97 bits per heavy atom. The minimum absolute atomic E-state index is 0.120. The Morgan fingerprint density at radius 1 is 1.14 bits per heavy atom. The summed E-state index contributed by atoms with van der Waals surface area (Å²) in [5.74, 6) is 0.538. The Hall–Kier alpha value is -4.67. The van der Waals surface area contributed by atoms with E-state index < -0.39 is 18.1 Å². The van der Waals surface area contributed by atoms with Crippen molar-refractivity contribution in [2.75, 3.05) is 0 Å². The molecule has 1 aliphatic heterocycles. The normalized spacial score (nSPS) is 18.1. The van der Waals surface area contributed by atoms with Gasteiger partial charge in [0.2, 0.25) is 0 Å². The van der Waals surface area contributed by atoms with Crippen molar-refractivity contribution in [1.82, 2.24) is 14.1 Å². The molecular formula is C29H23N5O2. The van der Waals surface area contributed by atoms with Gasteiger partial charge in [0.25, 0.3) is 5.56 Å². The molecule has 0 aliphatic carbocycles. The van der Waals surface area contributed by atoms with Crippen LogP contribution in [0.4, 0.5) is 0 Å². The van der Waals surface area contributed by atoms with Gasteiger partial charge in [0.15, 0.2) is 0 Å². The number of ether oxygens (including phenoxy) is 1. The lowest BCUT2D eigenvalue weighted by molar-refractivity contribution is 0.306. The third kappa shape index (κ3) is 3.16. The molecule has 176 valence electrons. The van der Waals surface area contributed by atoms with E-state index in [1.54, 1.807) is 48.9 Å². The standard InChI is InChI=1S/C29H23N5O2/c1-33-17-32-15-27(33)29(31)21-7-6-19(14-30)20(10-21)16-36-23-5-3-4-18(11-23)24-13-28(35)34(2)26-9-8-22(29)12-25(24)26/h3-13,15,17H,16,31H2,1-2H3/t29-/m1/s1/i2D3. The highest BCUT2D eigenvalue weighted by Crippen LogP contribution is 2.39. The maximum absolute atomic E-state index is 13.2. The van der Waals surface area contributed by atoms with Crippen LogP contribution in [0, 0.1) is 11.3 Å². The number of aryl methyl sites for hydroxylation is 2. The number of aromatic nitrogens is 3. The van der Waals surface area contributed by atoms with Crippen LogP contribution in [0.15, 0.2) is 84.0 Å². The number of rotatable bonds is 1. The second-order valence-corrected chi connectivity index (χ2v) is 8.96. The summed E-state index contributed by atoms with van der Waals surface area (Å²) in [6.07, 6.45) is 3.34. The van der Waals surface area contributed by atoms with Crippen molar-refractivity contribution in [2.24, 2.45) is 19.8 Å². The third-order valence-corrected chi connectivity index (χ3v) is 6.91. The fourth-order valence-corrected chi connectivity index (χ4v) is 5.00. The van der Waals surface area contributed by atoms with Crippen molar-refractivity contribution >= 4 is 10.9 Å². The SMILES string of the molecule is [2H]C([2H])([2H])n1c(=O)cc2c3cc(ccc31)[C@@](N)(c1cncn1C)c1ccc(C#N)c(c1)COc1cccc-2c1. The molecular weight excluding hydrogens is 450 g/mol. The van der Waals surface area contributed by atoms with Crippen LogP contribution in [0.2, 0.25) is 0 Å². The van der Waals surface area contributed by atoms with Crippen LogP contribution >= 0.6 is 0 Å². The zero-order valence-electron chi connectivity index (χ0n) is 22.4. The fourth-order valence-electron chi connectivity index (χ4n) is 5.00. The van der Waals surface area contributed by atoms with Crippen molar-refractivity contribution in [3.8, 4) is 22.9 Å². The fraction of sp³-hybridized carbons (Fsp3) is 0.138. The van der Waals surface area contributed by atoms with Gasteiger partial charge in [-0.2, -0.15) is 5.26 Å². The van der Waals surface area contributed by atoms with E-state index >= 15 is 0 Å². The molecule has 1 aliphatic rings. The molecule has 0 amide bonds. The number of nitrogens with two attached hydrogens (primary N) is 1. The first kappa shape index (κ1) is 18.6. The molecule has 0 radical (unpaired) electrons. The summed E-state index contributed by atoms with van der Waals surface area (Å²) in [4.78, 5) is 17.5. The van der Waals surface area contributed by atoms with Gasteiger partial charge in [0.05, 0.1) is 35.4 Å². The minimum atomic E-state index is -2.69. The summed E-state index contributed by atoms with van der Waals surface area (Å²) >= 11 is 0. The van der Waals surface area contributed by atoms with E-state index in [-0.39, 0.29) is 12.1 Å².